The third-order valence-corrected chi connectivity index (χ3v) is 11.2. The van der Waals surface area contributed by atoms with Gasteiger partial charge in [-0.2, -0.15) is 0 Å². The molecule has 0 amide bonds. The number of hydrogen-bond donors (Lipinski definition) is 0. The highest BCUT2D eigenvalue weighted by atomic mass is 28.4. The molecule has 1 saturated heterocycles. The van der Waals surface area contributed by atoms with Gasteiger partial charge in [0.05, 0.1) is 19.3 Å². The van der Waals surface area contributed by atoms with Crippen molar-refractivity contribution >= 4 is 14.3 Å². The number of rotatable bonds is 14. The van der Waals surface area contributed by atoms with E-state index in [0.717, 1.165) is 45.1 Å². The van der Waals surface area contributed by atoms with Gasteiger partial charge in [0.1, 0.15) is 0 Å². The second-order valence-electron chi connectivity index (χ2n) is 10.8. The van der Waals surface area contributed by atoms with E-state index < -0.39 is 8.32 Å². The van der Waals surface area contributed by atoms with E-state index in [1.54, 1.807) is 0 Å². The Morgan fingerprint density at radius 2 is 1.82 bits per heavy atom. The van der Waals surface area contributed by atoms with Crippen LogP contribution in [0, 0.1) is 0 Å². The standard InChI is InChI=1S/C28H50O5Si/c1-9-30-26(29)19-18-25(33-34(7,8)28(4,5)6)17-16-23(2)13-12-14-24(3)20-22-32-27-15-10-11-21-31-27/h13,18-20,25,27H,9-12,14-17,21-22H2,1-8H3/b19-18+,23-13+,24-20+. The lowest BCUT2D eigenvalue weighted by atomic mass is 10.0. The molecule has 1 aliphatic rings. The summed E-state index contributed by atoms with van der Waals surface area (Å²) in [5.41, 5.74) is 2.70. The lowest BCUT2D eigenvalue weighted by molar-refractivity contribution is -0.155. The Labute approximate surface area is 210 Å². The number of ether oxygens (including phenoxy) is 3. The van der Waals surface area contributed by atoms with Crippen LogP contribution in [0.4, 0.5) is 0 Å². The fourth-order valence-corrected chi connectivity index (χ4v) is 4.69. The lowest BCUT2D eigenvalue weighted by Gasteiger charge is -2.38. The Hall–Kier alpha value is -1.21. The number of hydrogen-bond acceptors (Lipinski definition) is 5. The van der Waals surface area contributed by atoms with Crippen molar-refractivity contribution in [2.24, 2.45) is 0 Å². The van der Waals surface area contributed by atoms with Gasteiger partial charge in [0.2, 0.25) is 0 Å². The molecule has 6 heteroatoms. The van der Waals surface area contributed by atoms with Crippen LogP contribution in [0.15, 0.2) is 35.5 Å². The van der Waals surface area contributed by atoms with Crippen LogP contribution in [0.2, 0.25) is 18.1 Å². The monoisotopic (exact) mass is 494 g/mol. The van der Waals surface area contributed by atoms with Gasteiger partial charge < -0.3 is 18.6 Å². The Balaban J connectivity index is 2.54. The molecule has 196 valence electrons. The van der Waals surface area contributed by atoms with Crippen molar-refractivity contribution in [3.8, 4) is 0 Å². The molecule has 2 unspecified atom stereocenters. The van der Waals surface area contributed by atoms with Gasteiger partial charge in [-0.1, -0.05) is 44.1 Å². The van der Waals surface area contributed by atoms with Crippen LogP contribution in [-0.2, 0) is 23.4 Å². The summed E-state index contributed by atoms with van der Waals surface area (Å²) < 4.78 is 23.1. The summed E-state index contributed by atoms with van der Waals surface area (Å²) in [5.74, 6) is -0.306. The van der Waals surface area contributed by atoms with Gasteiger partial charge in [-0.25, -0.2) is 4.79 Å². The molecule has 0 spiro atoms. The fourth-order valence-electron chi connectivity index (χ4n) is 3.39. The molecule has 0 aromatic carbocycles. The maximum absolute atomic E-state index is 11.8. The summed E-state index contributed by atoms with van der Waals surface area (Å²) in [7, 11) is -1.95. The van der Waals surface area contributed by atoms with E-state index in [9.17, 15) is 4.79 Å². The van der Waals surface area contributed by atoms with E-state index in [1.807, 2.05) is 13.0 Å². The number of carbonyl (C=O) groups excluding carboxylic acids is 1. The van der Waals surface area contributed by atoms with E-state index in [-0.39, 0.29) is 23.4 Å². The second-order valence-corrected chi connectivity index (χ2v) is 15.6. The third-order valence-electron chi connectivity index (χ3n) is 6.69. The van der Waals surface area contributed by atoms with Crippen LogP contribution >= 0.6 is 0 Å². The van der Waals surface area contributed by atoms with Crippen molar-refractivity contribution in [3.05, 3.63) is 35.5 Å². The molecule has 0 bridgehead atoms. The molecule has 0 radical (unpaired) electrons. The smallest absolute Gasteiger partial charge is 0.330 e. The molecule has 0 saturated carbocycles. The molecule has 0 aromatic rings. The zero-order valence-corrected chi connectivity index (χ0v) is 24.1. The Kier molecular flexibility index (Phi) is 14.2. The Morgan fingerprint density at radius 1 is 1.12 bits per heavy atom. The number of allylic oxidation sites excluding steroid dienone is 3. The summed E-state index contributed by atoms with van der Waals surface area (Å²) in [4.78, 5) is 11.8. The first-order valence-electron chi connectivity index (χ1n) is 13.0. The summed E-state index contributed by atoms with van der Waals surface area (Å²) in [6, 6.07) is 0. The summed E-state index contributed by atoms with van der Waals surface area (Å²) in [5, 5.41) is 0.116. The maximum Gasteiger partial charge on any atom is 0.330 e. The molecule has 0 aromatic heterocycles. The van der Waals surface area contributed by atoms with Crippen molar-refractivity contribution in [2.45, 2.75) is 117 Å². The largest absolute Gasteiger partial charge is 0.463 e. The van der Waals surface area contributed by atoms with Crippen LogP contribution < -0.4 is 0 Å². The van der Waals surface area contributed by atoms with Gasteiger partial charge in [-0.05, 0) is 89.9 Å². The van der Waals surface area contributed by atoms with Crippen LogP contribution in [0.5, 0.6) is 0 Å². The molecular formula is C28H50O5Si. The second kappa shape index (κ2) is 15.7. The van der Waals surface area contributed by atoms with Crippen molar-refractivity contribution < 1.29 is 23.4 Å². The summed E-state index contributed by atoms with van der Waals surface area (Å²) >= 11 is 0. The molecule has 1 rings (SSSR count). The predicted molar refractivity (Wildman–Crippen MR) is 143 cm³/mol. The van der Waals surface area contributed by atoms with Gasteiger partial charge in [0.15, 0.2) is 14.6 Å². The Bertz CT molecular complexity index is 681. The number of esters is 1. The third kappa shape index (κ3) is 13.0. The zero-order valence-electron chi connectivity index (χ0n) is 23.1. The first-order chi connectivity index (χ1) is 15.9. The highest BCUT2D eigenvalue weighted by Crippen LogP contribution is 2.38. The van der Waals surface area contributed by atoms with Crippen molar-refractivity contribution in [1.82, 2.24) is 0 Å². The molecule has 0 aliphatic carbocycles. The average Bonchev–Trinajstić information content (AvgIpc) is 2.75. The molecule has 5 nitrogen and oxygen atoms in total. The number of carbonyl (C=O) groups is 1. The van der Waals surface area contributed by atoms with Gasteiger partial charge in [-0.3, -0.25) is 0 Å². The molecular weight excluding hydrogens is 444 g/mol. The van der Waals surface area contributed by atoms with E-state index in [0.29, 0.717) is 13.2 Å². The van der Waals surface area contributed by atoms with Crippen LogP contribution in [0.3, 0.4) is 0 Å². The van der Waals surface area contributed by atoms with Crippen molar-refractivity contribution in [3.63, 3.8) is 0 Å². The normalized spacial score (nSPS) is 19.5. The fraction of sp³-hybridized carbons (Fsp3) is 0.750. The maximum atomic E-state index is 11.8. The van der Waals surface area contributed by atoms with Crippen molar-refractivity contribution in [2.75, 3.05) is 19.8 Å². The lowest BCUT2D eigenvalue weighted by Crippen LogP contribution is -2.43. The van der Waals surface area contributed by atoms with E-state index >= 15 is 0 Å². The minimum atomic E-state index is -1.95. The van der Waals surface area contributed by atoms with E-state index in [4.69, 9.17) is 18.6 Å². The molecule has 2 atom stereocenters. The summed E-state index contributed by atoms with van der Waals surface area (Å²) in [6.45, 7) is 19.2. The molecule has 0 N–H and O–H groups in total. The first kappa shape index (κ1) is 30.8. The van der Waals surface area contributed by atoms with E-state index in [1.165, 1.54) is 23.6 Å². The Morgan fingerprint density at radius 3 is 2.44 bits per heavy atom. The predicted octanol–water partition coefficient (Wildman–Crippen LogP) is 7.49. The zero-order chi connectivity index (χ0) is 25.6. The molecule has 1 heterocycles. The van der Waals surface area contributed by atoms with Crippen LogP contribution in [-0.4, -0.2) is 46.5 Å². The van der Waals surface area contributed by atoms with Gasteiger partial charge in [0.25, 0.3) is 0 Å². The van der Waals surface area contributed by atoms with Crippen LogP contribution in [0.25, 0.3) is 0 Å². The highest BCUT2D eigenvalue weighted by molar-refractivity contribution is 6.74. The van der Waals surface area contributed by atoms with Gasteiger partial charge in [0, 0.05) is 12.7 Å². The van der Waals surface area contributed by atoms with Crippen molar-refractivity contribution in [1.29, 1.82) is 0 Å². The average molecular weight is 495 g/mol. The highest BCUT2D eigenvalue weighted by Gasteiger charge is 2.38. The minimum Gasteiger partial charge on any atom is -0.463 e. The first-order valence-corrected chi connectivity index (χ1v) is 15.9. The SMILES string of the molecule is CCOC(=O)/C=C/C(CC/C(C)=C/CC/C(C)=C/COC1CCCCO1)O[Si](C)(C)C(C)(C)C. The molecule has 34 heavy (non-hydrogen) atoms. The molecule has 1 aliphatic heterocycles. The van der Waals surface area contributed by atoms with Gasteiger partial charge >= 0.3 is 5.97 Å². The van der Waals surface area contributed by atoms with Crippen LogP contribution in [0.1, 0.15) is 86.5 Å². The summed E-state index contributed by atoms with van der Waals surface area (Å²) in [6.07, 6.45) is 15.0. The minimum absolute atomic E-state index is 0.0284. The molecule has 1 fully saturated rings. The van der Waals surface area contributed by atoms with E-state index in [2.05, 4.69) is 59.9 Å². The van der Waals surface area contributed by atoms with Gasteiger partial charge in [-0.15, -0.1) is 0 Å². The quantitative estimate of drug-likeness (QED) is 0.108. The topological polar surface area (TPSA) is 54.0 Å².